The maximum Gasteiger partial charge on any atom is 0.162 e. The summed E-state index contributed by atoms with van der Waals surface area (Å²) in [6.07, 6.45) is 12.1. The first-order valence-corrected chi connectivity index (χ1v) is 5.71. The van der Waals surface area contributed by atoms with Crippen molar-refractivity contribution in [2.24, 2.45) is 10.8 Å². The molecule has 0 saturated heterocycles. The van der Waals surface area contributed by atoms with Crippen molar-refractivity contribution in [3.8, 4) is 0 Å². The highest BCUT2D eigenvalue weighted by Crippen LogP contribution is 2.63. The van der Waals surface area contributed by atoms with Gasteiger partial charge in [-0.1, -0.05) is 24.3 Å². The van der Waals surface area contributed by atoms with Crippen LogP contribution in [0.15, 0.2) is 24.3 Å². The second-order valence-corrected chi connectivity index (χ2v) is 5.24. The van der Waals surface area contributed by atoms with Crippen molar-refractivity contribution in [1.29, 1.82) is 0 Å². The Morgan fingerprint density at radius 3 is 2.13 bits per heavy atom. The van der Waals surface area contributed by atoms with Crippen molar-refractivity contribution in [3.05, 3.63) is 24.3 Å². The van der Waals surface area contributed by atoms with E-state index in [9.17, 15) is 9.90 Å². The van der Waals surface area contributed by atoms with Gasteiger partial charge in [0.25, 0.3) is 0 Å². The molecule has 2 heteroatoms. The third kappa shape index (κ3) is 0.957. The third-order valence-corrected chi connectivity index (χ3v) is 4.71. The Balaban J connectivity index is 2.14. The zero-order valence-electron chi connectivity index (χ0n) is 8.78. The van der Waals surface area contributed by atoms with Crippen LogP contribution < -0.4 is 0 Å². The first kappa shape index (κ1) is 9.34. The fourth-order valence-corrected chi connectivity index (χ4v) is 3.78. The van der Waals surface area contributed by atoms with Crippen LogP contribution in [0.3, 0.4) is 0 Å². The molecule has 0 aromatic rings. The normalized spacial score (nSPS) is 47.8. The van der Waals surface area contributed by atoms with Gasteiger partial charge in [-0.3, -0.25) is 4.79 Å². The topological polar surface area (TPSA) is 37.3 Å². The smallest absolute Gasteiger partial charge is 0.162 e. The van der Waals surface area contributed by atoms with E-state index in [4.69, 9.17) is 0 Å². The quantitative estimate of drug-likeness (QED) is 0.613. The van der Waals surface area contributed by atoms with Gasteiger partial charge in [0.05, 0.1) is 0 Å². The predicted molar refractivity (Wildman–Crippen MR) is 57.2 cm³/mol. The number of rotatable bonds is 0. The Labute approximate surface area is 89.7 Å². The molecule has 0 spiro atoms. The van der Waals surface area contributed by atoms with Gasteiger partial charge < -0.3 is 5.11 Å². The Hall–Kier alpha value is -0.890. The second-order valence-electron chi connectivity index (χ2n) is 5.24. The number of carbonyl (C=O) groups excluding carboxylic acids is 1. The first-order chi connectivity index (χ1) is 7.20. The summed E-state index contributed by atoms with van der Waals surface area (Å²) in [4.78, 5) is 11.8. The number of carbonyl (C=O) groups is 1. The highest BCUT2D eigenvalue weighted by molar-refractivity contribution is 5.88. The fourth-order valence-electron chi connectivity index (χ4n) is 3.78. The largest absolute Gasteiger partial charge is 0.385 e. The van der Waals surface area contributed by atoms with Crippen molar-refractivity contribution in [2.75, 3.05) is 0 Å². The molecule has 3 aliphatic carbocycles. The van der Waals surface area contributed by atoms with Crippen molar-refractivity contribution >= 4 is 5.78 Å². The minimum absolute atomic E-state index is 0.0347. The maximum absolute atomic E-state index is 11.8. The molecular weight excluding hydrogens is 188 g/mol. The Morgan fingerprint density at radius 2 is 1.60 bits per heavy atom. The lowest BCUT2D eigenvalue weighted by Crippen LogP contribution is -2.46. The number of Topliss-reactive ketones (excluding diaryl/α,β-unsaturated/α-hetero) is 1. The lowest BCUT2D eigenvalue weighted by molar-refractivity contribution is -0.128. The van der Waals surface area contributed by atoms with Crippen LogP contribution >= 0.6 is 0 Å². The summed E-state index contributed by atoms with van der Waals surface area (Å²) in [7, 11) is 0. The third-order valence-electron chi connectivity index (χ3n) is 4.71. The lowest BCUT2D eigenvalue weighted by Gasteiger charge is -2.49. The van der Waals surface area contributed by atoms with Crippen molar-refractivity contribution in [2.45, 2.75) is 38.2 Å². The molecule has 0 amide bonds. The van der Waals surface area contributed by atoms with E-state index >= 15 is 0 Å². The number of allylic oxidation sites excluding steroid dienone is 4. The zero-order valence-corrected chi connectivity index (χ0v) is 8.78. The van der Waals surface area contributed by atoms with E-state index in [1.807, 2.05) is 0 Å². The van der Waals surface area contributed by atoms with E-state index in [1.165, 1.54) is 0 Å². The maximum atomic E-state index is 11.8. The van der Waals surface area contributed by atoms with Crippen LogP contribution in [-0.2, 0) is 4.79 Å². The highest BCUT2D eigenvalue weighted by atomic mass is 16.3. The van der Waals surface area contributed by atoms with Crippen molar-refractivity contribution in [3.63, 3.8) is 0 Å². The summed E-state index contributed by atoms with van der Waals surface area (Å²) in [6, 6.07) is 0. The Bertz CT molecular complexity index is 347. The highest BCUT2D eigenvalue weighted by Gasteiger charge is 2.62. The van der Waals surface area contributed by atoms with Crippen molar-refractivity contribution in [1.82, 2.24) is 0 Å². The molecule has 3 aliphatic rings. The number of ketones is 1. The molecule has 0 aromatic heterocycles. The van der Waals surface area contributed by atoms with E-state index in [-0.39, 0.29) is 16.6 Å². The molecule has 80 valence electrons. The molecule has 1 atom stereocenters. The molecule has 0 radical (unpaired) electrons. The standard InChI is InChI=1S/C13H16O2/c14-10-9-12-5-1-3-7-13(12,11(10)15)8-4-2-6-12/h1-4,11,15H,5-9H2/t11-,12?,13?/m1/s1. The first-order valence-electron chi connectivity index (χ1n) is 5.71. The lowest BCUT2D eigenvalue weighted by atomic mass is 9.54. The van der Waals surface area contributed by atoms with Gasteiger partial charge in [-0.2, -0.15) is 0 Å². The predicted octanol–water partition coefficient (Wildman–Crippen LogP) is 1.99. The fraction of sp³-hybridized carbons (Fsp3) is 0.615. The summed E-state index contributed by atoms with van der Waals surface area (Å²) >= 11 is 0. The van der Waals surface area contributed by atoms with Crippen LogP contribution in [0, 0.1) is 10.8 Å². The average molecular weight is 204 g/mol. The van der Waals surface area contributed by atoms with E-state index < -0.39 is 6.10 Å². The monoisotopic (exact) mass is 204 g/mol. The summed E-state index contributed by atoms with van der Waals surface area (Å²) in [5, 5.41) is 10.2. The molecule has 0 unspecified atom stereocenters. The van der Waals surface area contributed by atoms with Crippen LogP contribution in [-0.4, -0.2) is 17.0 Å². The van der Waals surface area contributed by atoms with Gasteiger partial charge in [-0.15, -0.1) is 0 Å². The van der Waals surface area contributed by atoms with Crippen molar-refractivity contribution < 1.29 is 9.90 Å². The van der Waals surface area contributed by atoms with Gasteiger partial charge in [0.2, 0.25) is 0 Å². The van der Waals surface area contributed by atoms with Crippen LogP contribution in [0.2, 0.25) is 0 Å². The summed E-state index contributed by atoms with van der Waals surface area (Å²) in [5.41, 5.74) is -0.138. The molecule has 0 aromatic carbocycles. The SMILES string of the molecule is O=C1CC23CC=CCC2(CC=CC3)[C@@H]1O. The second kappa shape index (κ2) is 2.82. The number of hydrogen-bond donors (Lipinski definition) is 1. The molecule has 0 bridgehead atoms. The van der Waals surface area contributed by atoms with E-state index in [2.05, 4.69) is 24.3 Å². The van der Waals surface area contributed by atoms with Crippen LogP contribution in [0.4, 0.5) is 0 Å². The molecule has 0 aliphatic heterocycles. The minimum Gasteiger partial charge on any atom is -0.385 e. The van der Waals surface area contributed by atoms with Gasteiger partial charge in [0, 0.05) is 11.8 Å². The Morgan fingerprint density at radius 1 is 1.07 bits per heavy atom. The van der Waals surface area contributed by atoms with Crippen LogP contribution in [0.25, 0.3) is 0 Å². The van der Waals surface area contributed by atoms with Gasteiger partial charge in [0.1, 0.15) is 6.10 Å². The number of aliphatic hydroxyl groups excluding tert-OH is 1. The van der Waals surface area contributed by atoms with Crippen LogP contribution in [0.5, 0.6) is 0 Å². The molecule has 2 nitrogen and oxygen atoms in total. The zero-order chi connectivity index (χ0) is 10.5. The molecule has 0 heterocycles. The molecular formula is C13H16O2. The molecule has 3 rings (SSSR count). The van der Waals surface area contributed by atoms with E-state index in [0.29, 0.717) is 6.42 Å². The summed E-state index contributed by atoms with van der Waals surface area (Å²) in [5.74, 6) is 0.0578. The molecule has 1 saturated carbocycles. The molecule has 1 fully saturated rings. The van der Waals surface area contributed by atoms with Crippen LogP contribution in [0.1, 0.15) is 32.1 Å². The summed E-state index contributed by atoms with van der Waals surface area (Å²) < 4.78 is 0. The average Bonchev–Trinajstić information content (AvgIpc) is 2.49. The van der Waals surface area contributed by atoms with E-state index in [0.717, 1.165) is 25.7 Å². The van der Waals surface area contributed by atoms with Gasteiger partial charge >= 0.3 is 0 Å². The summed E-state index contributed by atoms with van der Waals surface area (Å²) in [6.45, 7) is 0. The Kier molecular flexibility index (Phi) is 1.76. The van der Waals surface area contributed by atoms with Gasteiger partial charge in [-0.05, 0) is 31.1 Å². The molecule has 1 N–H and O–H groups in total. The number of aliphatic hydroxyl groups is 1. The minimum atomic E-state index is -0.729. The number of hydrogen-bond acceptors (Lipinski definition) is 2. The van der Waals surface area contributed by atoms with Gasteiger partial charge in [-0.25, -0.2) is 0 Å². The van der Waals surface area contributed by atoms with Gasteiger partial charge in [0.15, 0.2) is 5.78 Å². The van der Waals surface area contributed by atoms with E-state index in [1.54, 1.807) is 0 Å². The molecule has 15 heavy (non-hydrogen) atoms.